The molecule has 0 saturated heterocycles. The highest BCUT2D eigenvalue weighted by atomic mass is 16.6. The van der Waals surface area contributed by atoms with Crippen LogP contribution in [0, 0.1) is 6.92 Å². The first-order valence-electron chi connectivity index (χ1n) is 6.79. The highest BCUT2D eigenvalue weighted by Gasteiger charge is 2.22. The Labute approximate surface area is 128 Å². The lowest BCUT2D eigenvalue weighted by molar-refractivity contribution is -0.157. The minimum Gasteiger partial charge on any atom is -0.482 e. The maximum absolute atomic E-state index is 11.8. The molecule has 22 heavy (non-hydrogen) atoms. The molecule has 0 bridgehead atoms. The summed E-state index contributed by atoms with van der Waals surface area (Å²) in [7, 11) is 0. The number of carbonyl (C=O) groups is 2. The Kier molecular flexibility index (Phi) is 5.14. The molecule has 0 aliphatic carbocycles. The van der Waals surface area contributed by atoms with Crippen LogP contribution in [0.4, 0.5) is 0 Å². The molecule has 2 aromatic rings. The highest BCUT2D eigenvalue weighted by Crippen LogP contribution is 2.17. The van der Waals surface area contributed by atoms with Crippen molar-refractivity contribution in [3.05, 3.63) is 65.7 Å². The van der Waals surface area contributed by atoms with Gasteiger partial charge in [0.1, 0.15) is 5.75 Å². The molecular formula is C17H17NO4. The van der Waals surface area contributed by atoms with Crippen molar-refractivity contribution in [2.45, 2.75) is 13.0 Å². The van der Waals surface area contributed by atoms with E-state index in [0.717, 1.165) is 5.56 Å². The minimum atomic E-state index is -1.12. The smallest absolute Gasteiger partial charge is 0.345 e. The van der Waals surface area contributed by atoms with E-state index in [4.69, 9.17) is 15.2 Å². The first kappa shape index (κ1) is 15.6. The molecule has 0 aromatic heterocycles. The van der Waals surface area contributed by atoms with Gasteiger partial charge in [0.25, 0.3) is 5.91 Å². The van der Waals surface area contributed by atoms with Crippen molar-refractivity contribution < 1.29 is 19.1 Å². The summed E-state index contributed by atoms with van der Waals surface area (Å²) in [5, 5.41) is 0. The van der Waals surface area contributed by atoms with Crippen molar-refractivity contribution in [3.63, 3.8) is 0 Å². The zero-order chi connectivity index (χ0) is 15.9. The molecule has 2 aromatic carbocycles. The first-order valence-corrected chi connectivity index (χ1v) is 6.79. The molecule has 0 aliphatic heterocycles. The van der Waals surface area contributed by atoms with Crippen LogP contribution in [0.1, 0.15) is 17.2 Å². The van der Waals surface area contributed by atoms with E-state index in [0.29, 0.717) is 11.3 Å². The first-order chi connectivity index (χ1) is 10.6. The second-order valence-corrected chi connectivity index (χ2v) is 4.79. The van der Waals surface area contributed by atoms with Crippen molar-refractivity contribution in [2.75, 3.05) is 6.61 Å². The Morgan fingerprint density at radius 2 is 1.82 bits per heavy atom. The fraction of sp³-hybridized carbons (Fsp3) is 0.176. The van der Waals surface area contributed by atoms with E-state index in [1.165, 1.54) is 0 Å². The predicted molar refractivity (Wildman–Crippen MR) is 81.1 cm³/mol. The van der Waals surface area contributed by atoms with Gasteiger partial charge in [-0.15, -0.1) is 0 Å². The number of ether oxygens (including phenoxy) is 2. The zero-order valence-corrected chi connectivity index (χ0v) is 12.2. The fourth-order valence-electron chi connectivity index (χ4n) is 1.93. The van der Waals surface area contributed by atoms with Gasteiger partial charge in [0.15, 0.2) is 6.61 Å². The third-order valence-corrected chi connectivity index (χ3v) is 2.96. The molecule has 0 unspecified atom stereocenters. The average molecular weight is 299 g/mol. The summed E-state index contributed by atoms with van der Waals surface area (Å²) in [6.07, 6.45) is -1.12. The van der Waals surface area contributed by atoms with Crippen LogP contribution in [-0.4, -0.2) is 18.5 Å². The number of hydrogen-bond acceptors (Lipinski definition) is 4. The summed E-state index contributed by atoms with van der Waals surface area (Å²) < 4.78 is 10.4. The van der Waals surface area contributed by atoms with Gasteiger partial charge in [0.2, 0.25) is 6.10 Å². The maximum Gasteiger partial charge on any atom is 0.345 e. The van der Waals surface area contributed by atoms with Crippen LogP contribution in [0.15, 0.2) is 54.6 Å². The number of aryl methyl sites for hydroxylation is 1. The van der Waals surface area contributed by atoms with Crippen LogP contribution >= 0.6 is 0 Å². The second kappa shape index (κ2) is 7.26. The molecule has 114 valence electrons. The van der Waals surface area contributed by atoms with Gasteiger partial charge in [-0.2, -0.15) is 0 Å². The SMILES string of the molecule is Cc1cccc(OCC(=O)O[C@H](C(N)=O)c2ccccc2)c1. The largest absolute Gasteiger partial charge is 0.482 e. The van der Waals surface area contributed by atoms with Crippen LogP contribution < -0.4 is 10.5 Å². The maximum atomic E-state index is 11.8. The number of esters is 1. The standard InChI is InChI=1S/C17H17NO4/c1-12-6-5-9-14(10-12)21-11-15(19)22-16(17(18)20)13-7-3-2-4-8-13/h2-10,16H,11H2,1H3,(H2,18,20)/t16-/m0/s1. The van der Waals surface area contributed by atoms with Gasteiger partial charge in [-0.05, 0) is 24.6 Å². The molecule has 0 saturated carbocycles. The molecule has 0 spiro atoms. The van der Waals surface area contributed by atoms with Gasteiger partial charge >= 0.3 is 5.97 Å². The molecule has 0 radical (unpaired) electrons. The van der Waals surface area contributed by atoms with Crippen molar-refractivity contribution in [1.29, 1.82) is 0 Å². The van der Waals surface area contributed by atoms with Crippen molar-refractivity contribution in [2.24, 2.45) is 5.73 Å². The Balaban J connectivity index is 1.96. The van der Waals surface area contributed by atoms with Crippen LogP contribution in [0.3, 0.4) is 0 Å². The third-order valence-electron chi connectivity index (χ3n) is 2.96. The molecule has 1 atom stereocenters. The van der Waals surface area contributed by atoms with Gasteiger partial charge in [-0.1, -0.05) is 42.5 Å². The van der Waals surface area contributed by atoms with Crippen LogP contribution in [0.25, 0.3) is 0 Å². The summed E-state index contributed by atoms with van der Waals surface area (Å²) in [4.78, 5) is 23.3. The summed E-state index contributed by atoms with van der Waals surface area (Å²) in [5.41, 5.74) is 6.83. The Hall–Kier alpha value is -2.82. The summed E-state index contributed by atoms with van der Waals surface area (Å²) >= 11 is 0. The van der Waals surface area contributed by atoms with Gasteiger partial charge in [0.05, 0.1) is 0 Å². The number of carbonyl (C=O) groups excluding carboxylic acids is 2. The van der Waals surface area contributed by atoms with Crippen molar-refractivity contribution in [3.8, 4) is 5.75 Å². The molecule has 5 heteroatoms. The quantitative estimate of drug-likeness (QED) is 0.829. The Morgan fingerprint density at radius 1 is 1.09 bits per heavy atom. The minimum absolute atomic E-state index is 0.292. The summed E-state index contributed by atoms with van der Waals surface area (Å²) in [6, 6.07) is 15.9. The number of rotatable bonds is 6. The molecule has 1 amide bonds. The second-order valence-electron chi connectivity index (χ2n) is 4.79. The summed E-state index contributed by atoms with van der Waals surface area (Å²) in [6.45, 7) is 1.63. The van der Waals surface area contributed by atoms with E-state index in [-0.39, 0.29) is 6.61 Å². The van der Waals surface area contributed by atoms with E-state index in [1.54, 1.807) is 42.5 Å². The van der Waals surface area contributed by atoms with Crippen molar-refractivity contribution >= 4 is 11.9 Å². The van der Waals surface area contributed by atoms with E-state index < -0.39 is 18.0 Å². The lowest BCUT2D eigenvalue weighted by Crippen LogP contribution is -2.28. The molecule has 2 rings (SSSR count). The lowest BCUT2D eigenvalue weighted by Gasteiger charge is -2.15. The molecule has 0 aliphatic rings. The monoisotopic (exact) mass is 299 g/mol. The van der Waals surface area contributed by atoms with E-state index in [1.807, 2.05) is 19.1 Å². The predicted octanol–water partition coefficient (Wildman–Crippen LogP) is 2.14. The van der Waals surface area contributed by atoms with Crippen molar-refractivity contribution in [1.82, 2.24) is 0 Å². The van der Waals surface area contributed by atoms with Crippen LogP contribution in [-0.2, 0) is 14.3 Å². The van der Waals surface area contributed by atoms with Crippen LogP contribution in [0.5, 0.6) is 5.75 Å². The number of nitrogens with two attached hydrogens (primary N) is 1. The fourth-order valence-corrected chi connectivity index (χ4v) is 1.93. The normalized spacial score (nSPS) is 11.5. The number of hydrogen-bond donors (Lipinski definition) is 1. The Bertz CT molecular complexity index is 655. The van der Waals surface area contributed by atoms with Gasteiger partial charge in [-0.3, -0.25) is 4.79 Å². The van der Waals surface area contributed by atoms with Crippen LogP contribution in [0.2, 0.25) is 0 Å². The molecular weight excluding hydrogens is 282 g/mol. The molecule has 5 nitrogen and oxygen atoms in total. The van der Waals surface area contributed by atoms with Gasteiger partial charge < -0.3 is 15.2 Å². The molecule has 0 fully saturated rings. The third kappa shape index (κ3) is 4.34. The number of primary amides is 1. The van der Waals surface area contributed by atoms with Gasteiger partial charge in [-0.25, -0.2) is 4.79 Å². The molecule has 0 heterocycles. The zero-order valence-electron chi connectivity index (χ0n) is 12.2. The topological polar surface area (TPSA) is 78.6 Å². The van der Waals surface area contributed by atoms with E-state index in [2.05, 4.69) is 0 Å². The van der Waals surface area contributed by atoms with E-state index >= 15 is 0 Å². The average Bonchev–Trinajstić information content (AvgIpc) is 2.51. The Morgan fingerprint density at radius 3 is 2.45 bits per heavy atom. The van der Waals surface area contributed by atoms with E-state index in [9.17, 15) is 9.59 Å². The number of amides is 1. The molecule has 2 N–H and O–H groups in total. The highest BCUT2D eigenvalue weighted by molar-refractivity contribution is 5.83. The van der Waals surface area contributed by atoms with Gasteiger partial charge in [0, 0.05) is 5.56 Å². The number of benzene rings is 2. The summed E-state index contributed by atoms with van der Waals surface area (Å²) in [5.74, 6) is -0.823. The lowest BCUT2D eigenvalue weighted by atomic mass is 10.1.